The molecule has 74 valence electrons. The molecule has 0 saturated carbocycles. The Morgan fingerprint density at radius 3 is 3.08 bits per heavy atom. The van der Waals surface area contributed by atoms with Crippen LogP contribution in [0.15, 0.2) is 0 Å². The van der Waals surface area contributed by atoms with Crippen LogP contribution in [0.4, 0.5) is 0 Å². The molecule has 0 radical (unpaired) electrons. The maximum absolute atomic E-state index is 5.66. The Balaban J connectivity index is 1.55. The number of ether oxygens (including phenoxy) is 1. The molecular weight excluding hydrogens is 164 g/mol. The Morgan fingerprint density at radius 2 is 2.46 bits per heavy atom. The SMILES string of the molecule is C1CO[C@@H](CN2C[C@@H]3C[C@@H]2CN3)C1. The first-order chi connectivity index (χ1) is 6.42. The maximum atomic E-state index is 5.66. The normalized spacial score (nSPS) is 44.8. The number of likely N-dealkylation sites (tertiary alicyclic amines) is 1. The van der Waals surface area contributed by atoms with Gasteiger partial charge in [-0.05, 0) is 19.3 Å². The molecule has 3 rings (SSSR count). The van der Waals surface area contributed by atoms with Crippen LogP contribution in [0.1, 0.15) is 19.3 Å². The fourth-order valence-corrected chi connectivity index (χ4v) is 2.92. The van der Waals surface area contributed by atoms with E-state index in [9.17, 15) is 0 Å². The summed E-state index contributed by atoms with van der Waals surface area (Å²) in [6, 6.07) is 1.60. The zero-order valence-corrected chi connectivity index (χ0v) is 8.04. The summed E-state index contributed by atoms with van der Waals surface area (Å²) in [5.41, 5.74) is 0. The van der Waals surface area contributed by atoms with Crippen molar-refractivity contribution in [3.63, 3.8) is 0 Å². The first-order valence-corrected chi connectivity index (χ1v) is 5.51. The number of piperazine rings is 1. The summed E-state index contributed by atoms with van der Waals surface area (Å²) in [6.45, 7) is 4.63. The van der Waals surface area contributed by atoms with Gasteiger partial charge in [0.1, 0.15) is 0 Å². The molecule has 3 atom stereocenters. The second-order valence-electron chi connectivity index (χ2n) is 4.58. The zero-order valence-electron chi connectivity index (χ0n) is 8.04. The Kier molecular flexibility index (Phi) is 2.04. The molecule has 3 heteroatoms. The minimum absolute atomic E-state index is 0.541. The maximum Gasteiger partial charge on any atom is 0.0702 e. The van der Waals surface area contributed by atoms with Crippen LogP contribution in [-0.4, -0.2) is 49.3 Å². The molecule has 3 saturated heterocycles. The molecule has 2 bridgehead atoms. The predicted molar refractivity (Wildman–Crippen MR) is 50.7 cm³/mol. The highest BCUT2D eigenvalue weighted by Gasteiger charge is 2.38. The second-order valence-corrected chi connectivity index (χ2v) is 4.58. The minimum atomic E-state index is 0.541. The van der Waals surface area contributed by atoms with Crippen molar-refractivity contribution in [1.82, 2.24) is 10.2 Å². The molecule has 3 fully saturated rings. The number of fused-ring (bicyclic) bond motifs is 2. The van der Waals surface area contributed by atoms with Crippen molar-refractivity contribution in [1.29, 1.82) is 0 Å². The van der Waals surface area contributed by atoms with Crippen LogP contribution < -0.4 is 5.32 Å². The Morgan fingerprint density at radius 1 is 1.46 bits per heavy atom. The van der Waals surface area contributed by atoms with E-state index in [1.165, 1.54) is 38.9 Å². The first kappa shape index (κ1) is 8.21. The van der Waals surface area contributed by atoms with Crippen LogP contribution in [0, 0.1) is 0 Å². The summed E-state index contributed by atoms with van der Waals surface area (Å²) >= 11 is 0. The van der Waals surface area contributed by atoms with Gasteiger partial charge in [0.05, 0.1) is 6.10 Å². The summed E-state index contributed by atoms with van der Waals surface area (Å²) in [4.78, 5) is 2.62. The van der Waals surface area contributed by atoms with E-state index in [4.69, 9.17) is 4.74 Å². The fourth-order valence-electron chi connectivity index (χ4n) is 2.92. The Hall–Kier alpha value is -0.120. The first-order valence-electron chi connectivity index (χ1n) is 5.51. The van der Waals surface area contributed by atoms with Gasteiger partial charge < -0.3 is 10.1 Å². The summed E-state index contributed by atoms with van der Waals surface area (Å²) < 4.78 is 5.66. The minimum Gasteiger partial charge on any atom is -0.377 e. The molecule has 0 aliphatic carbocycles. The van der Waals surface area contributed by atoms with Crippen LogP contribution in [0.2, 0.25) is 0 Å². The summed E-state index contributed by atoms with van der Waals surface area (Å²) in [5, 5.41) is 3.53. The molecule has 0 unspecified atom stereocenters. The van der Waals surface area contributed by atoms with Crippen molar-refractivity contribution in [2.24, 2.45) is 0 Å². The number of rotatable bonds is 2. The molecule has 0 spiro atoms. The molecule has 0 aromatic carbocycles. The largest absolute Gasteiger partial charge is 0.377 e. The van der Waals surface area contributed by atoms with Gasteiger partial charge in [0, 0.05) is 38.3 Å². The quantitative estimate of drug-likeness (QED) is 0.661. The van der Waals surface area contributed by atoms with E-state index in [0.717, 1.165) is 18.7 Å². The smallest absolute Gasteiger partial charge is 0.0702 e. The van der Waals surface area contributed by atoms with Gasteiger partial charge >= 0.3 is 0 Å². The zero-order chi connectivity index (χ0) is 8.67. The van der Waals surface area contributed by atoms with Crippen molar-refractivity contribution >= 4 is 0 Å². The highest BCUT2D eigenvalue weighted by Crippen LogP contribution is 2.25. The number of nitrogens with zero attached hydrogens (tertiary/aromatic N) is 1. The summed E-state index contributed by atoms with van der Waals surface area (Å²) in [7, 11) is 0. The average molecular weight is 182 g/mol. The highest BCUT2D eigenvalue weighted by atomic mass is 16.5. The second kappa shape index (κ2) is 3.23. The molecule has 1 N–H and O–H groups in total. The monoisotopic (exact) mass is 182 g/mol. The average Bonchev–Trinajstić information content (AvgIpc) is 2.77. The van der Waals surface area contributed by atoms with Crippen molar-refractivity contribution in [2.75, 3.05) is 26.2 Å². The fraction of sp³-hybridized carbons (Fsp3) is 1.00. The molecule has 3 aliphatic heterocycles. The van der Waals surface area contributed by atoms with Crippen LogP contribution in [-0.2, 0) is 4.74 Å². The lowest BCUT2D eigenvalue weighted by atomic mass is 10.2. The van der Waals surface area contributed by atoms with E-state index in [-0.39, 0.29) is 0 Å². The lowest BCUT2D eigenvalue weighted by Crippen LogP contribution is -2.46. The van der Waals surface area contributed by atoms with Crippen molar-refractivity contribution in [3.05, 3.63) is 0 Å². The van der Waals surface area contributed by atoms with Gasteiger partial charge in [-0.3, -0.25) is 4.90 Å². The van der Waals surface area contributed by atoms with E-state index in [1.807, 2.05) is 0 Å². The highest BCUT2D eigenvalue weighted by molar-refractivity contribution is 4.98. The van der Waals surface area contributed by atoms with E-state index in [2.05, 4.69) is 10.2 Å². The van der Waals surface area contributed by atoms with E-state index >= 15 is 0 Å². The molecular formula is C10H18N2O. The van der Waals surface area contributed by atoms with Gasteiger partial charge in [0.15, 0.2) is 0 Å². The van der Waals surface area contributed by atoms with Crippen molar-refractivity contribution < 1.29 is 4.74 Å². The molecule has 0 aromatic heterocycles. The molecule has 0 amide bonds. The van der Waals surface area contributed by atoms with Gasteiger partial charge in [-0.1, -0.05) is 0 Å². The topological polar surface area (TPSA) is 24.5 Å². The standard InChI is InChI=1S/C10H18N2O/c1-2-10(13-3-1)7-12-6-8-4-9(12)5-11-8/h8-11H,1-7H2/t8-,9+,10+/m0/s1. The molecule has 0 aromatic rings. The third-order valence-electron chi connectivity index (χ3n) is 3.63. The van der Waals surface area contributed by atoms with Gasteiger partial charge in [-0.15, -0.1) is 0 Å². The number of nitrogens with one attached hydrogen (secondary N) is 1. The third kappa shape index (κ3) is 1.49. The van der Waals surface area contributed by atoms with Gasteiger partial charge in [0.25, 0.3) is 0 Å². The van der Waals surface area contributed by atoms with Crippen LogP contribution >= 0.6 is 0 Å². The summed E-state index contributed by atoms with van der Waals surface area (Å²) in [5.74, 6) is 0. The van der Waals surface area contributed by atoms with Gasteiger partial charge in [0.2, 0.25) is 0 Å². The molecule has 3 heterocycles. The van der Waals surface area contributed by atoms with E-state index < -0.39 is 0 Å². The lowest BCUT2D eigenvalue weighted by Gasteiger charge is -2.29. The number of hydrogen-bond acceptors (Lipinski definition) is 3. The van der Waals surface area contributed by atoms with Crippen LogP contribution in [0.5, 0.6) is 0 Å². The van der Waals surface area contributed by atoms with Gasteiger partial charge in [-0.25, -0.2) is 0 Å². The van der Waals surface area contributed by atoms with E-state index in [0.29, 0.717) is 6.10 Å². The number of hydrogen-bond donors (Lipinski definition) is 1. The van der Waals surface area contributed by atoms with Gasteiger partial charge in [-0.2, -0.15) is 0 Å². The predicted octanol–water partition coefficient (Wildman–Crippen LogP) is 0.211. The molecule has 3 nitrogen and oxygen atoms in total. The van der Waals surface area contributed by atoms with Crippen molar-refractivity contribution in [2.45, 2.75) is 37.5 Å². The Bertz CT molecular complexity index is 191. The molecule has 3 aliphatic rings. The van der Waals surface area contributed by atoms with E-state index in [1.54, 1.807) is 0 Å². The van der Waals surface area contributed by atoms with Crippen molar-refractivity contribution in [3.8, 4) is 0 Å². The van der Waals surface area contributed by atoms with Crippen LogP contribution in [0.3, 0.4) is 0 Å². The third-order valence-corrected chi connectivity index (χ3v) is 3.63. The lowest BCUT2D eigenvalue weighted by molar-refractivity contribution is 0.0649. The van der Waals surface area contributed by atoms with Crippen LogP contribution in [0.25, 0.3) is 0 Å². The summed E-state index contributed by atoms with van der Waals surface area (Å²) in [6.07, 6.45) is 4.46. The Labute approximate surface area is 79.4 Å². The molecule has 13 heavy (non-hydrogen) atoms.